The van der Waals surface area contributed by atoms with E-state index < -0.39 is 5.97 Å². The van der Waals surface area contributed by atoms with Crippen LogP contribution in [0.25, 0.3) is 5.57 Å². The third-order valence-electron chi connectivity index (χ3n) is 2.17. The Hall–Kier alpha value is -2.10. The molecule has 0 spiro atoms. The van der Waals surface area contributed by atoms with Gasteiger partial charge >= 0.3 is 5.97 Å². The summed E-state index contributed by atoms with van der Waals surface area (Å²) in [6, 6.07) is 7.19. The van der Waals surface area contributed by atoms with Gasteiger partial charge in [0.2, 0.25) is 0 Å². The predicted molar refractivity (Wildman–Crippen MR) is 55.1 cm³/mol. The molecule has 4 nitrogen and oxygen atoms in total. The van der Waals surface area contributed by atoms with Crippen LogP contribution in [-0.2, 0) is 14.3 Å². The maximum Gasteiger partial charge on any atom is 0.331 e. The van der Waals surface area contributed by atoms with Crippen LogP contribution < -0.4 is 5.32 Å². The van der Waals surface area contributed by atoms with Crippen molar-refractivity contribution in [2.75, 3.05) is 12.4 Å². The molecule has 0 fully saturated rings. The molecule has 76 valence electrons. The smallest absolute Gasteiger partial charge is 0.331 e. The monoisotopic (exact) mass is 203 g/mol. The first kappa shape index (κ1) is 9.45. The molecule has 1 amide bonds. The molecule has 0 aromatic heterocycles. The summed E-state index contributed by atoms with van der Waals surface area (Å²) < 4.78 is 4.48. The maximum absolute atomic E-state index is 11.5. The number of hydrogen-bond donors (Lipinski definition) is 1. The zero-order valence-corrected chi connectivity index (χ0v) is 8.11. The number of esters is 1. The summed E-state index contributed by atoms with van der Waals surface area (Å²) in [5.41, 5.74) is 1.79. The topological polar surface area (TPSA) is 55.4 Å². The summed E-state index contributed by atoms with van der Waals surface area (Å²) in [5, 5.41) is 2.66. The molecule has 4 heteroatoms. The Balaban J connectivity index is 2.46. The molecule has 1 aromatic carbocycles. The highest BCUT2D eigenvalue weighted by Gasteiger charge is 2.24. The molecule has 0 bridgehead atoms. The fraction of sp³-hybridized carbons (Fsp3) is 0.0909. The highest BCUT2D eigenvalue weighted by molar-refractivity contribution is 6.33. The number of para-hydroxylation sites is 1. The summed E-state index contributed by atoms with van der Waals surface area (Å²) >= 11 is 0. The Kier molecular flexibility index (Phi) is 2.25. The van der Waals surface area contributed by atoms with E-state index >= 15 is 0 Å². The second kappa shape index (κ2) is 3.57. The molecule has 1 heterocycles. The molecule has 0 aliphatic carbocycles. The van der Waals surface area contributed by atoms with Crippen LogP contribution in [0.2, 0.25) is 0 Å². The fourth-order valence-electron chi connectivity index (χ4n) is 1.46. The number of anilines is 1. The Bertz CT molecular complexity index is 463. The van der Waals surface area contributed by atoms with Crippen LogP contribution in [0.1, 0.15) is 5.56 Å². The summed E-state index contributed by atoms with van der Waals surface area (Å²) in [7, 11) is 1.28. The molecule has 0 unspecified atom stereocenters. The van der Waals surface area contributed by atoms with E-state index in [4.69, 9.17) is 0 Å². The number of methoxy groups -OCH3 is 1. The first-order valence-corrected chi connectivity index (χ1v) is 4.43. The average molecular weight is 203 g/mol. The molecule has 2 rings (SSSR count). The van der Waals surface area contributed by atoms with Gasteiger partial charge in [-0.1, -0.05) is 18.2 Å². The molecule has 0 saturated heterocycles. The summed E-state index contributed by atoms with van der Waals surface area (Å²) in [5.74, 6) is -0.807. The van der Waals surface area contributed by atoms with Gasteiger partial charge in [-0.2, -0.15) is 0 Å². The molecule has 0 atom stereocenters. The first-order chi connectivity index (χ1) is 7.22. The van der Waals surface area contributed by atoms with Crippen molar-refractivity contribution in [1.82, 2.24) is 0 Å². The van der Waals surface area contributed by atoms with Gasteiger partial charge in [0.25, 0.3) is 5.91 Å². The highest BCUT2D eigenvalue weighted by Crippen LogP contribution is 2.30. The summed E-state index contributed by atoms with van der Waals surface area (Å²) in [4.78, 5) is 22.5. The van der Waals surface area contributed by atoms with Gasteiger partial charge in [-0.05, 0) is 6.07 Å². The van der Waals surface area contributed by atoms with Crippen LogP contribution >= 0.6 is 0 Å². The minimum atomic E-state index is -0.531. The molecule has 15 heavy (non-hydrogen) atoms. The average Bonchev–Trinajstić information content (AvgIpc) is 2.55. The molecule has 1 aliphatic heterocycles. The largest absolute Gasteiger partial charge is 0.466 e. The van der Waals surface area contributed by atoms with E-state index in [-0.39, 0.29) is 5.91 Å². The lowest BCUT2D eigenvalue weighted by molar-refractivity contribution is -0.134. The molecule has 0 radical (unpaired) electrons. The van der Waals surface area contributed by atoms with Crippen molar-refractivity contribution in [3.8, 4) is 0 Å². The Labute approximate surface area is 86.5 Å². The lowest BCUT2D eigenvalue weighted by Crippen LogP contribution is -2.06. The Morgan fingerprint density at radius 1 is 1.40 bits per heavy atom. The second-order valence-corrected chi connectivity index (χ2v) is 3.08. The van der Waals surface area contributed by atoms with Crippen molar-refractivity contribution in [2.24, 2.45) is 0 Å². The van der Waals surface area contributed by atoms with Crippen molar-refractivity contribution in [3.63, 3.8) is 0 Å². The normalized spacial score (nSPS) is 16.1. The van der Waals surface area contributed by atoms with Crippen LogP contribution in [0.3, 0.4) is 0 Å². The van der Waals surface area contributed by atoms with Crippen LogP contribution in [0.4, 0.5) is 5.69 Å². The molecular formula is C11H9NO3. The van der Waals surface area contributed by atoms with Gasteiger partial charge in [-0.25, -0.2) is 4.79 Å². The van der Waals surface area contributed by atoms with Crippen LogP contribution in [0.5, 0.6) is 0 Å². The van der Waals surface area contributed by atoms with Crippen molar-refractivity contribution >= 4 is 23.1 Å². The second-order valence-electron chi connectivity index (χ2n) is 3.08. The predicted octanol–water partition coefficient (Wildman–Crippen LogP) is 1.20. The Morgan fingerprint density at radius 3 is 2.87 bits per heavy atom. The molecule has 1 aromatic rings. The number of carbonyl (C=O) groups is 2. The number of ether oxygens (including phenoxy) is 1. The van der Waals surface area contributed by atoms with Crippen LogP contribution in [0.15, 0.2) is 30.3 Å². The van der Waals surface area contributed by atoms with Gasteiger partial charge in [0.05, 0.1) is 12.7 Å². The number of hydrogen-bond acceptors (Lipinski definition) is 3. The molecule has 1 N–H and O–H groups in total. The molecule has 1 aliphatic rings. The number of benzene rings is 1. The lowest BCUT2D eigenvalue weighted by Gasteiger charge is -1.96. The van der Waals surface area contributed by atoms with E-state index in [2.05, 4.69) is 10.1 Å². The maximum atomic E-state index is 11.5. The third-order valence-corrected chi connectivity index (χ3v) is 2.17. The van der Waals surface area contributed by atoms with E-state index in [1.807, 2.05) is 12.1 Å². The Morgan fingerprint density at radius 2 is 2.13 bits per heavy atom. The van der Waals surface area contributed by atoms with Gasteiger partial charge in [0, 0.05) is 17.3 Å². The van der Waals surface area contributed by atoms with Gasteiger partial charge in [-0.15, -0.1) is 0 Å². The SMILES string of the molecule is COC(=O)C=C1C(=O)Nc2ccccc21. The highest BCUT2D eigenvalue weighted by atomic mass is 16.5. The first-order valence-electron chi connectivity index (χ1n) is 4.43. The lowest BCUT2D eigenvalue weighted by atomic mass is 10.1. The molecule has 0 saturated carbocycles. The van der Waals surface area contributed by atoms with E-state index in [1.54, 1.807) is 12.1 Å². The number of amides is 1. The third kappa shape index (κ3) is 1.61. The zero-order chi connectivity index (χ0) is 10.8. The van der Waals surface area contributed by atoms with Crippen LogP contribution in [0, 0.1) is 0 Å². The number of nitrogens with one attached hydrogen (secondary N) is 1. The quantitative estimate of drug-likeness (QED) is 0.551. The van der Waals surface area contributed by atoms with Crippen molar-refractivity contribution in [2.45, 2.75) is 0 Å². The van der Waals surface area contributed by atoms with E-state index in [9.17, 15) is 9.59 Å². The standard InChI is InChI=1S/C11H9NO3/c1-15-10(13)6-8-7-4-2-3-5-9(7)12-11(8)14/h2-6H,1H3,(H,12,14). The van der Waals surface area contributed by atoms with E-state index in [0.717, 1.165) is 11.3 Å². The fourth-order valence-corrected chi connectivity index (χ4v) is 1.46. The molecular weight excluding hydrogens is 194 g/mol. The van der Waals surface area contributed by atoms with Crippen LogP contribution in [-0.4, -0.2) is 19.0 Å². The number of fused-ring (bicyclic) bond motifs is 1. The van der Waals surface area contributed by atoms with E-state index in [1.165, 1.54) is 13.2 Å². The van der Waals surface area contributed by atoms with E-state index in [0.29, 0.717) is 5.57 Å². The minimum Gasteiger partial charge on any atom is -0.466 e. The summed E-state index contributed by atoms with van der Waals surface area (Å²) in [6.07, 6.45) is 1.20. The minimum absolute atomic E-state index is 0.276. The number of carbonyl (C=O) groups excluding carboxylic acids is 2. The van der Waals surface area contributed by atoms with Gasteiger partial charge in [-0.3, -0.25) is 4.79 Å². The van der Waals surface area contributed by atoms with Gasteiger partial charge < -0.3 is 10.1 Å². The van der Waals surface area contributed by atoms with Crippen molar-refractivity contribution in [3.05, 3.63) is 35.9 Å². The van der Waals surface area contributed by atoms with Crippen molar-refractivity contribution < 1.29 is 14.3 Å². The van der Waals surface area contributed by atoms with Gasteiger partial charge in [0.1, 0.15) is 0 Å². The van der Waals surface area contributed by atoms with Gasteiger partial charge in [0.15, 0.2) is 0 Å². The summed E-state index contributed by atoms with van der Waals surface area (Å²) in [6.45, 7) is 0. The van der Waals surface area contributed by atoms with Crippen molar-refractivity contribution in [1.29, 1.82) is 0 Å². The zero-order valence-electron chi connectivity index (χ0n) is 8.11. The number of rotatable bonds is 1.